The quantitative estimate of drug-likeness (QED) is 0.0859. The Labute approximate surface area is 206 Å². The SMILES string of the molecule is CCCCCCCCCCCCCCCOC(=O)C(CC)(CC)C(=O)Oc1ccc(Cl)cc1. The molecular formula is C28H45ClO4. The number of esters is 2. The maximum atomic E-state index is 12.8. The van der Waals surface area contributed by atoms with Gasteiger partial charge in [-0.05, 0) is 43.5 Å². The summed E-state index contributed by atoms with van der Waals surface area (Å²) in [5.74, 6) is -0.671. The van der Waals surface area contributed by atoms with Crippen molar-refractivity contribution in [2.75, 3.05) is 6.61 Å². The van der Waals surface area contributed by atoms with Crippen LogP contribution >= 0.6 is 11.6 Å². The fraction of sp³-hybridized carbons (Fsp3) is 0.714. The molecule has 0 aromatic heterocycles. The van der Waals surface area contributed by atoms with Gasteiger partial charge in [0.15, 0.2) is 5.41 Å². The number of benzene rings is 1. The highest BCUT2D eigenvalue weighted by atomic mass is 35.5. The van der Waals surface area contributed by atoms with Crippen LogP contribution in [0.25, 0.3) is 0 Å². The molecule has 1 aromatic rings. The number of carbonyl (C=O) groups is 2. The Morgan fingerprint density at radius 2 is 1.15 bits per heavy atom. The average molecular weight is 481 g/mol. The number of unbranched alkanes of at least 4 members (excludes halogenated alkanes) is 12. The lowest BCUT2D eigenvalue weighted by atomic mass is 9.82. The third kappa shape index (κ3) is 11.4. The molecule has 0 aliphatic rings. The largest absolute Gasteiger partial charge is 0.465 e. The molecule has 1 aromatic carbocycles. The van der Waals surface area contributed by atoms with E-state index >= 15 is 0 Å². The highest BCUT2D eigenvalue weighted by molar-refractivity contribution is 6.30. The minimum absolute atomic E-state index is 0.341. The van der Waals surface area contributed by atoms with Crippen LogP contribution in [-0.4, -0.2) is 18.5 Å². The predicted molar refractivity (Wildman–Crippen MR) is 137 cm³/mol. The van der Waals surface area contributed by atoms with Gasteiger partial charge in [-0.3, -0.25) is 9.59 Å². The number of ether oxygens (including phenoxy) is 2. The molecule has 188 valence electrons. The van der Waals surface area contributed by atoms with Crippen LogP contribution in [0, 0.1) is 5.41 Å². The number of halogens is 1. The summed E-state index contributed by atoms with van der Waals surface area (Å²) in [6.07, 6.45) is 17.2. The van der Waals surface area contributed by atoms with E-state index in [-0.39, 0.29) is 0 Å². The number of hydrogen-bond donors (Lipinski definition) is 0. The summed E-state index contributed by atoms with van der Waals surface area (Å²) in [5.41, 5.74) is -1.27. The third-order valence-electron chi connectivity index (χ3n) is 6.49. The molecule has 0 spiro atoms. The second-order valence-electron chi connectivity index (χ2n) is 9.01. The van der Waals surface area contributed by atoms with Crippen molar-refractivity contribution in [3.05, 3.63) is 29.3 Å². The van der Waals surface area contributed by atoms with Crippen LogP contribution in [0.3, 0.4) is 0 Å². The molecule has 0 fully saturated rings. The molecule has 4 nitrogen and oxygen atoms in total. The van der Waals surface area contributed by atoms with E-state index in [0.717, 1.165) is 12.8 Å². The Morgan fingerprint density at radius 1 is 0.697 bits per heavy atom. The highest BCUT2D eigenvalue weighted by Gasteiger charge is 2.46. The molecule has 33 heavy (non-hydrogen) atoms. The van der Waals surface area contributed by atoms with Gasteiger partial charge in [-0.1, -0.05) is 109 Å². The van der Waals surface area contributed by atoms with Crippen molar-refractivity contribution in [1.82, 2.24) is 0 Å². The summed E-state index contributed by atoms with van der Waals surface area (Å²) in [6, 6.07) is 6.54. The minimum atomic E-state index is -1.27. The van der Waals surface area contributed by atoms with Gasteiger partial charge in [-0.25, -0.2) is 0 Å². The standard InChI is InChI=1S/C28H45ClO4/c1-4-7-8-9-10-11-12-13-14-15-16-17-18-23-32-26(30)28(5-2,6-3)27(31)33-25-21-19-24(29)20-22-25/h19-22H,4-18,23H2,1-3H3. The van der Waals surface area contributed by atoms with Gasteiger partial charge < -0.3 is 9.47 Å². The molecule has 0 aliphatic heterocycles. The Kier molecular flexibility index (Phi) is 16.0. The molecule has 0 aliphatic carbocycles. The summed E-state index contributed by atoms with van der Waals surface area (Å²) in [5, 5.41) is 0.559. The molecule has 0 amide bonds. The van der Waals surface area contributed by atoms with E-state index in [0.29, 0.717) is 30.2 Å². The molecule has 0 unspecified atom stereocenters. The third-order valence-corrected chi connectivity index (χ3v) is 6.75. The van der Waals surface area contributed by atoms with E-state index in [1.54, 1.807) is 24.3 Å². The van der Waals surface area contributed by atoms with Gasteiger partial charge >= 0.3 is 11.9 Å². The van der Waals surface area contributed by atoms with Crippen LogP contribution < -0.4 is 4.74 Å². The van der Waals surface area contributed by atoms with Gasteiger partial charge in [0.05, 0.1) is 6.61 Å². The summed E-state index contributed by atoms with van der Waals surface area (Å²) in [4.78, 5) is 25.6. The van der Waals surface area contributed by atoms with Crippen LogP contribution in [0.2, 0.25) is 5.02 Å². The fourth-order valence-electron chi connectivity index (χ4n) is 4.04. The lowest BCUT2D eigenvalue weighted by Crippen LogP contribution is -2.42. The first-order chi connectivity index (χ1) is 16.0. The monoisotopic (exact) mass is 480 g/mol. The average Bonchev–Trinajstić information content (AvgIpc) is 2.82. The summed E-state index contributed by atoms with van der Waals surface area (Å²) in [6.45, 7) is 6.25. The zero-order chi connectivity index (χ0) is 24.4. The minimum Gasteiger partial charge on any atom is -0.465 e. The molecule has 5 heteroatoms. The number of rotatable bonds is 19. The van der Waals surface area contributed by atoms with Crippen LogP contribution in [-0.2, 0) is 14.3 Å². The van der Waals surface area contributed by atoms with Crippen LogP contribution in [0.4, 0.5) is 0 Å². The molecule has 0 N–H and O–H groups in total. The van der Waals surface area contributed by atoms with Crippen LogP contribution in [0.15, 0.2) is 24.3 Å². The molecular weight excluding hydrogens is 436 g/mol. The van der Waals surface area contributed by atoms with Gasteiger partial charge in [0.2, 0.25) is 0 Å². The Morgan fingerprint density at radius 3 is 1.61 bits per heavy atom. The van der Waals surface area contributed by atoms with Crippen molar-refractivity contribution >= 4 is 23.5 Å². The highest BCUT2D eigenvalue weighted by Crippen LogP contribution is 2.31. The van der Waals surface area contributed by atoms with Gasteiger partial charge in [0.1, 0.15) is 5.75 Å². The zero-order valence-corrected chi connectivity index (χ0v) is 21.9. The first kappa shape index (κ1) is 29.5. The van der Waals surface area contributed by atoms with Crippen molar-refractivity contribution in [2.45, 2.75) is 117 Å². The normalized spacial score (nSPS) is 11.4. The van der Waals surface area contributed by atoms with Crippen molar-refractivity contribution in [3.8, 4) is 5.75 Å². The Hall–Kier alpha value is -1.55. The van der Waals surface area contributed by atoms with Gasteiger partial charge in [-0.15, -0.1) is 0 Å². The van der Waals surface area contributed by atoms with Crippen molar-refractivity contribution < 1.29 is 19.1 Å². The first-order valence-electron chi connectivity index (χ1n) is 13.1. The molecule has 0 radical (unpaired) electrons. The van der Waals surface area contributed by atoms with Crippen LogP contribution in [0.1, 0.15) is 117 Å². The van der Waals surface area contributed by atoms with E-state index in [1.165, 1.54) is 70.6 Å². The molecule has 0 atom stereocenters. The summed E-state index contributed by atoms with van der Waals surface area (Å²) < 4.78 is 11.0. The lowest BCUT2D eigenvalue weighted by Gasteiger charge is -2.26. The topological polar surface area (TPSA) is 52.6 Å². The van der Waals surface area contributed by atoms with Crippen molar-refractivity contribution in [3.63, 3.8) is 0 Å². The van der Waals surface area contributed by atoms with E-state index in [4.69, 9.17) is 21.1 Å². The second-order valence-corrected chi connectivity index (χ2v) is 9.45. The first-order valence-corrected chi connectivity index (χ1v) is 13.5. The van der Waals surface area contributed by atoms with E-state index in [1.807, 2.05) is 13.8 Å². The number of hydrogen-bond acceptors (Lipinski definition) is 4. The van der Waals surface area contributed by atoms with Gasteiger partial charge in [0, 0.05) is 5.02 Å². The maximum absolute atomic E-state index is 12.8. The molecule has 0 heterocycles. The Bertz CT molecular complexity index is 652. The van der Waals surface area contributed by atoms with E-state index in [9.17, 15) is 9.59 Å². The zero-order valence-electron chi connectivity index (χ0n) is 21.1. The molecule has 0 saturated heterocycles. The summed E-state index contributed by atoms with van der Waals surface area (Å²) >= 11 is 5.88. The smallest absolute Gasteiger partial charge is 0.328 e. The fourth-order valence-corrected chi connectivity index (χ4v) is 4.17. The second kappa shape index (κ2) is 17.9. The molecule has 0 bridgehead atoms. The van der Waals surface area contributed by atoms with E-state index < -0.39 is 17.4 Å². The molecule has 1 rings (SSSR count). The number of carbonyl (C=O) groups excluding carboxylic acids is 2. The van der Waals surface area contributed by atoms with E-state index in [2.05, 4.69) is 6.92 Å². The predicted octanol–water partition coefficient (Wildman–Crippen LogP) is 8.69. The maximum Gasteiger partial charge on any atom is 0.328 e. The Balaban J connectivity index is 2.21. The van der Waals surface area contributed by atoms with Crippen molar-refractivity contribution in [1.29, 1.82) is 0 Å². The molecule has 0 saturated carbocycles. The van der Waals surface area contributed by atoms with Crippen LogP contribution in [0.5, 0.6) is 5.75 Å². The lowest BCUT2D eigenvalue weighted by molar-refractivity contribution is -0.168. The van der Waals surface area contributed by atoms with Gasteiger partial charge in [-0.2, -0.15) is 0 Å². The summed E-state index contributed by atoms with van der Waals surface area (Å²) in [7, 11) is 0. The van der Waals surface area contributed by atoms with Crippen molar-refractivity contribution in [2.24, 2.45) is 5.41 Å². The van der Waals surface area contributed by atoms with Gasteiger partial charge in [0.25, 0.3) is 0 Å².